The minimum Gasteiger partial charge on any atom is -0.339 e. The van der Waals surface area contributed by atoms with Crippen molar-refractivity contribution in [3.63, 3.8) is 0 Å². The molecule has 3 aromatic carbocycles. The third kappa shape index (κ3) is 3.11. The standard InChI is InChI=1S/C23H17N3O2S/c27-21(16-11-5-2-6-12-16)25-19-20(15-9-3-1-4-10-15)29-23-24-17-13-7-8-14-18(17)26(23)22(19)28/h1-14,19-20H,(H,25,27). The van der Waals surface area contributed by atoms with Crippen LogP contribution in [0.15, 0.2) is 90.1 Å². The Balaban J connectivity index is 1.59. The van der Waals surface area contributed by atoms with Crippen LogP contribution >= 0.6 is 11.8 Å². The van der Waals surface area contributed by atoms with Crippen LogP contribution in [0.5, 0.6) is 0 Å². The zero-order chi connectivity index (χ0) is 19.8. The number of rotatable bonds is 3. The number of fused-ring (bicyclic) bond motifs is 3. The van der Waals surface area contributed by atoms with E-state index in [0.717, 1.165) is 16.6 Å². The van der Waals surface area contributed by atoms with Crippen molar-refractivity contribution in [2.75, 3.05) is 0 Å². The SMILES string of the molecule is O=C(NC1C(=O)n2c(nc3ccccc32)SC1c1ccccc1)c1ccccc1. The molecule has 5 nitrogen and oxygen atoms in total. The predicted molar refractivity (Wildman–Crippen MR) is 113 cm³/mol. The summed E-state index contributed by atoms with van der Waals surface area (Å²) in [6.07, 6.45) is 0. The number of thioether (sulfide) groups is 1. The van der Waals surface area contributed by atoms with Gasteiger partial charge in [-0.3, -0.25) is 14.2 Å². The summed E-state index contributed by atoms with van der Waals surface area (Å²) in [5, 5.41) is 3.36. The molecule has 5 rings (SSSR count). The third-order valence-electron chi connectivity index (χ3n) is 5.00. The van der Waals surface area contributed by atoms with Crippen LogP contribution in [0.2, 0.25) is 0 Å². The maximum atomic E-state index is 13.5. The van der Waals surface area contributed by atoms with Crippen LogP contribution in [0.1, 0.15) is 26.0 Å². The summed E-state index contributed by atoms with van der Waals surface area (Å²) >= 11 is 1.50. The fourth-order valence-electron chi connectivity index (χ4n) is 3.60. The smallest absolute Gasteiger partial charge is 0.257 e. The molecule has 1 aliphatic heterocycles. The monoisotopic (exact) mass is 399 g/mol. The molecule has 1 amide bonds. The van der Waals surface area contributed by atoms with Gasteiger partial charge in [0.05, 0.1) is 16.3 Å². The van der Waals surface area contributed by atoms with E-state index in [0.29, 0.717) is 10.7 Å². The number of nitrogens with one attached hydrogen (secondary N) is 1. The van der Waals surface area contributed by atoms with Gasteiger partial charge in [-0.15, -0.1) is 0 Å². The summed E-state index contributed by atoms with van der Waals surface area (Å²) in [4.78, 5) is 31.0. The van der Waals surface area contributed by atoms with E-state index in [1.807, 2.05) is 72.8 Å². The Kier molecular flexibility index (Phi) is 4.41. The molecule has 0 saturated carbocycles. The van der Waals surface area contributed by atoms with E-state index in [1.165, 1.54) is 11.8 Å². The summed E-state index contributed by atoms with van der Waals surface area (Å²) in [6, 6.07) is 25.6. The molecule has 0 bridgehead atoms. The minimum absolute atomic E-state index is 0.175. The molecule has 0 saturated heterocycles. The number of hydrogen-bond donors (Lipinski definition) is 1. The maximum absolute atomic E-state index is 13.5. The molecule has 2 unspecified atom stereocenters. The number of hydrogen-bond acceptors (Lipinski definition) is 4. The molecule has 1 aromatic heterocycles. The lowest BCUT2D eigenvalue weighted by molar-refractivity contribution is 0.0792. The van der Waals surface area contributed by atoms with E-state index in [-0.39, 0.29) is 17.1 Å². The van der Waals surface area contributed by atoms with Crippen molar-refractivity contribution >= 4 is 34.6 Å². The van der Waals surface area contributed by atoms with Crippen molar-refractivity contribution in [1.82, 2.24) is 14.9 Å². The van der Waals surface area contributed by atoms with Gasteiger partial charge in [-0.2, -0.15) is 0 Å². The number of aromatic nitrogens is 2. The molecule has 1 aliphatic rings. The summed E-state index contributed by atoms with van der Waals surface area (Å²) in [7, 11) is 0. The van der Waals surface area contributed by atoms with Crippen LogP contribution < -0.4 is 5.32 Å². The maximum Gasteiger partial charge on any atom is 0.257 e. The molecule has 2 atom stereocenters. The van der Waals surface area contributed by atoms with Gasteiger partial charge in [0.1, 0.15) is 6.04 Å². The lowest BCUT2D eigenvalue weighted by Crippen LogP contribution is -2.48. The van der Waals surface area contributed by atoms with Crippen molar-refractivity contribution in [1.29, 1.82) is 0 Å². The second kappa shape index (κ2) is 7.22. The average Bonchev–Trinajstić information content (AvgIpc) is 3.15. The molecule has 2 heterocycles. The van der Waals surface area contributed by atoms with Crippen LogP contribution in [-0.2, 0) is 0 Å². The molecular weight excluding hydrogens is 382 g/mol. The molecule has 142 valence electrons. The lowest BCUT2D eigenvalue weighted by Gasteiger charge is -2.31. The Morgan fingerprint density at radius 3 is 2.31 bits per heavy atom. The highest BCUT2D eigenvalue weighted by molar-refractivity contribution is 7.99. The molecule has 4 aromatic rings. The minimum atomic E-state index is -0.708. The average molecular weight is 399 g/mol. The first-order valence-electron chi connectivity index (χ1n) is 9.31. The molecule has 0 fully saturated rings. The van der Waals surface area contributed by atoms with E-state index < -0.39 is 6.04 Å². The van der Waals surface area contributed by atoms with E-state index in [2.05, 4.69) is 10.3 Å². The number of para-hydroxylation sites is 2. The van der Waals surface area contributed by atoms with Gasteiger partial charge in [-0.1, -0.05) is 72.4 Å². The Bertz CT molecular complexity index is 1200. The molecule has 0 spiro atoms. The van der Waals surface area contributed by atoms with Crippen LogP contribution in [0, 0.1) is 0 Å². The highest BCUT2D eigenvalue weighted by atomic mass is 32.2. The Morgan fingerprint density at radius 2 is 1.55 bits per heavy atom. The molecule has 0 radical (unpaired) electrons. The molecular formula is C23H17N3O2S. The summed E-state index contributed by atoms with van der Waals surface area (Å²) < 4.78 is 1.62. The molecule has 0 aliphatic carbocycles. The van der Waals surface area contributed by atoms with Gasteiger partial charge in [0.25, 0.3) is 11.8 Å². The number of imidazole rings is 1. The van der Waals surface area contributed by atoms with Gasteiger partial charge < -0.3 is 5.32 Å². The van der Waals surface area contributed by atoms with Gasteiger partial charge in [-0.05, 0) is 29.8 Å². The zero-order valence-corrected chi connectivity index (χ0v) is 16.2. The second-order valence-corrected chi connectivity index (χ2v) is 7.93. The first-order chi connectivity index (χ1) is 14.2. The van der Waals surface area contributed by atoms with E-state index in [1.54, 1.807) is 16.7 Å². The number of nitrogens with zero attached hydrogens (tertiary/aromatic N) is 2. The molecule has 6 heteroatoms. The van der Waals surface area contributed by atoms with Crippen LogP contribution in [0.4, 0.5) is 0 Å². The number of carbonyl (C=O) groups is 2. The second-order valence-electron chi connectivity index (χ2n) is 6.82. The Morgan fingerprint density at radius 1 is 0.897 bits per heavy atom. The first kappa shape index (κ1) is 17.7. The van der Waals surface area contributed by atoms with Crippen LogP contribution in [0.25, 0.3) is 11.0 Å². The molecule has 1 N–H and O–H groups in total. The zero-order valence-electron chi connectivity index (χ0n) is 15.4. The normalized spacial score (nSPS) is 18.4. The first-order valence-corrected chi connectivity index (χ1v) is 10.2. The van der Waals surface area contributed by atoms with E-state index in [9.17, 15) is 9.59 Å². The number of benzene rings is 3. The van der Waals surface area contributed by atoms with Gasteiger partial charge in [-0.25, -0.2) is 4.98 Å². The van der Waals surface area contributed by atoms with E-state index in [4.69, 9.17) is 0 Å². The fraction of sp³-hybridized carbons (Fsp3) is 0.0870. The van der Waals surface area contributed by atoms with Gasteiger partial charge in [0.15, 0.2) is 5.16 Å². The molecule has 29 heavy (non-hydrogen) atoms. The van der Waals surface area contributed by atoms with Crippen molar-refractivity contribution < 1.29 is 9.59 Å². The quantitative estimate of drug-likeness (QED) is 0.557. The highest BCUT2D eigenvalue weighted by Crippen LogP contribution is 2.43. The Labute approximate surface area is 171 Å². The van der Waals surface area contributed by atoms with Crippen LogP contribution in [0.3, 0.4) is 0 Å². The van der Waals surface area contributed by atoms with Crippen molar-refractivity contribution in [3.8, 4) is 0 Å². The van der Waals surface area contributed by atoms with Crippen molar-refractivity contribution in [2.45, 2.75) is 16.4 Å². The lowest BCUT2D eigenvalue weighted by atomic mass is 10.0. The summed E-state index contributed by atoms with van der Waals surface area (Å²) in [5.74, 6) is -0.441. The van der Waals surface area contributed by atoms with Gasteiger partial charge >= 0.3 is 0 Å². The number of amides is 1. The topological polar surface area (TPSA) is 64.0 Å². The fourth-order valence-corrected chi connectivity index (χ4v) is 4.89. The number of carbonyl (C=O) groups excluding carboxylic acids is 2. The van der Waals surface area contributed by atoms with Gasteiger partial charge in [0.2, 0.25) is 0 Å². The highest BCUT2D eigenvalue weighted by Gasteiger charge is 2.40. The van der Waals surface area contributed by atoms with Crippen LogP contribution in [-0.4, -0.2) is 27.4 Å². The predicted octanol–water partition coefficient (Wildman–Crippen LogP) is 4.32. The van der Waals surface area contributed by atoms with E-state index >= 15 is 0 Å². The van der Waals surface area contributed by atoms with Crippen molar-refractivity contribution in [3.05, 3.63) is 96.1 Å². The Hall–Kier alpha value is -3.38. The largest absolute Gasteiger partial charge is 0.339 e. The van der Waals surface area contributed by atoms with Gasteiger partial charge in [0, 0.05) is 5.56 Å². The van der Waals surface area contributed by atoms with Crippen molar-refractivity contribution in [2.24, 2.45) is 0 Å². The third-order valence-corrected chi connectivity index (χ3v) is 6.29. The summed E-state index contributed by atoms with van der Waals surface area (Å²) in [6.45, 7) is 0. The summed E-state index contributed by atoms with van der Waals surface area (Å²) in [5.41, 5.74) is 3.02.